The van der Waals surface area contributed by atoms with Gasteiger partial charge in [0.2, 0.25) is 5.91 Å². The van der Waals surface area contributed by atoms with Crippen LogP contribution in [0.5, 0.6) is 5.75 Å². The van der Waals surface area contributed by atoms with E-state index in [-0.39, 0.29) is 29.7 Å². The van der Waals surface area contributed by atoms with Gasteiger partial charge in [-0.3, -0.25) is 29.4 Å². The van der Waals surface area contributed by atoms with Crippen LogP contribution >= 0.6 is 11.8 Å². The Kier molecular flexibility index (Phi) is 7.24. The number of thioether (sulfide) groups is 1. The molecular formula is C23H21N3O7S. The lowest BCUT2D eigenvalue weighted by Gasteiger charge is -2.28. The Morgan fingerprint density at radius 1 is 1.09 bits per heavy atom. The fourth-order valence-corrected chi connectivity index (χ4v) is 4.21. The van der Waals surface area contributed by atoms with Crippen molar-refractivity contribution in [3.8, 4) is 5.75 Å². The molecule has 0 radical (unpaired) electrons. The smallest absolute Gasteiger partial charge is 0.294 e. The van der Waals surface area contributed by atoms with Gasteiger partial charge in [-0.05, 0) is 53.2 Å². The predicted octanol–water partition coefficient (Wildman–Crippen LogP) is 3.07. The molecule has 2 heterocycles. The molecule has 34 heavy (non-hydrogen) atoms. The van der Waals surface area contributed by atoms with Crippen molar-refractivity contribution in [3.05, 3.63) is 74.7 Å². The van der Waals surface area contributed by atoms with E-state index in [1.54, 1.807) is 47.4 Å². The summed E-state index contributed by atoms with van der Waals surface area (Å²) in [4.78, 5) is 50.5. The van der Waals surface area contributed by atoms with Crippen LogP contribution in [0.15, 0.2) is 53.4 Å². The summed E-state index contributed by atoms with van der Waals surface area (Å²) in [6, 6.07) is 13.1. The zero-order valence-corrected chi connectivity index (χ0v) is 18.9. The SMILES string of the molecule is O=C(CN1C(=O)S/C(=C/c2ccc(OCc3ccc([N+](=O)[O-])cc3)cc2)C1=O)N1CCOCC1. The van der Waals surface area contributed by atoms with E-state index in [1.807, 2.05) is 0 Å². The van der Waals surface area contributed by atoms with Gasteiger partial charge in [0.05, 0.1) is 23.0 Å². The molecule has 0 saturated carbocycles. The maximum Gasteiger partial charge on any atom is 0.294 e. The normalized spacial score (nSPS) is 17.4. The molecule has 2 saturated heterocycles. The number of morpholine rings is 1. The molecule has 0 N–H and O–H groups in total. The van der Waals surface area contributed by atoms with Crippen LogP contribution in [0.3, 0.4) is 0 Å². The first-order valence-corrected chi connectivity index (χ1v) is 11.3. The highest BCUT2D eigenvalue weighted by atomic mass is 32.2. The molecular weight excluding hydrogens is 462 g/mol. The van der Waals surface area contributed by atoms with Gasteiger partial charge >= 0.3 is 0 Å². The van der Waals surface area contributed by atoms with Crippen molar-refractivity contribution >= 4 is 40.6 Å². The van der Waals surface area contributed by atoms with Crippen LogP contribution < -0.4 is 4.74 Å². The van der Waals surface area contributed by atoms with Gasteiger partial charge in [0.25, 0.3) is 16.8 Å². The second-order valence-corrected chi connectivity index (χ2v) is 8.54. The lowest BCUT2D eigenvalue weighted by atomic mass is 10.2. The van der Waals surface area contributed by atoms with Gasteiger partial charge in [-0.2, -0.15) is 0 Å². The minimum absolute atomic E-state index is 0.0166. The van der Waals surface area contributed by atoms with Gasteiger partial charge in [-0.1, -0.05) is 12.1 Å². The number of non-ortho nitro benzene ring substituents is 1. The minimum atomic E-state index is -0.491. The first-order valence-electron chi connectivity index (χ1n) is 10.5. The first kappa shape index (κ1) is 23.5. The first-order chi connectivity index (χ1) is 16.4. The van der Waals surface area contributed by atoms with Crippen molar-refractivity contribution in [1.29, 1.82) is 0 Å². The Morgan fingerprint density at radius 2 is 1.76 bits per heavy atom. The fraction of sp³-hybridized carbons (Fsp3) is 0.261. The molecule has 0 spiro atoms. The Labute approximate surface area is 199 Å². The van der Waals surface area contributed by atoms with Crippen LogP contribution in [-0.2, 0) is 20.9 Å². The maximum atomic E-state index is 12.7. The van der Waals surface area contributed by atoms with Crippen LogP contribution in [0, 0.1) is 10.1 Å². The standard InChI is InChI=1S/C23H21N3O7S/c27-21(24-9-11-32-12-10-24)14-25-22(28)20(34-23(25)29)13-16-3-7-19(8-4-16)33-15-17-1-5-18(6-2-17)26(30)31/h1-8,13H,9-12,14-15H2/b20-13+. The number of carbonyl (C=O) groups is 3. The molecule has 2 aliphatic heterocycles. The highest BCUT2D eigenvalue weighted by molar-refractivity contribution is 8.18. The molecule has 10 nitrogen and oxygen atoms in total. The fourth-order valence-electron chi connectivity index (χ4n) is 3.38. The Morgan fingerprint density at radius 3 is 2.41 bits per heavy atom. The third-order valence-electron chi connectivity index (χ3n) is 5.26. The van der Waals surface area contributed by atoms with E-state index in [1.165, 1.54) is 12.1 Å². The van der Waals surface area contributed by atoms with Crippen LogP contribution in [0.1, 0.15) is 11.1 Å². The Balaban J connectivity index is 1.34. The van der Waals surface area contributed by atoms with Gasteiger partial charge in [0, 0.05) is 25.2 Å². The molecule has 176 valence electrons. The molecule has 4 rings (SSSR count). The van der Waals surface area contributed by atoms with E-state index in [4.69, 9.17) is 9.47 Å². The number of benzene rings is 2. The zero-order valence-electron chi connectivity index (χ0n) is 18.0. The molecule has 2 fully saturated rings. The molecule has 0 unspecified atom stereocenters. The topological polar surface area (TPSA) is 119 Å². The minimum Gasteiger partial charge on any atom is -0.489 e. The van der Waals surface area contributed by atoms with Crippen molar-refractivity contribution in [2.75, 3.05) is 32.8 Å². The number of ether oxygens (including phenoxy) is 2. The Bertz CT molecular complexity index is 1130. The number of hydrogen-bond acceptors (Lipinski definition) is 8. The van der Waals surface area contributed by atoms with E-state index in [9.17, 15) is 24.5 Å². The number of nitrogens with zero attached hydrogens (tertiary/aromatic N) is 3. The molecule has 11 heteroatoms. The molecule has 0 aromatic heterocycles. The van der Waals surface area contributed by atoms with Gasteiger partial charge in [0.15, 0.2) is 0 Å². The number of hydrogen-bond donors (Lipinski definition) is 0. The summed E-state index contributed by atoms with van der Waals surface area (Å²) in [5, 5.41) is 10.2. The van der Waals surface area contributed by atoms with E-state index in [0.717, 1.165) is 22.2 Å². The number of carbonyl (C=O) groups excluding carboxylic acids is 3. The molecule has 0 aliphatic carbocycles. The van der Waals surface area contributed by atoms with E-state index >= 15 is 0 Å². The molecule has 2 aliphatic rings. The van der Waals surface area contributed by atoms with Crippen molar-refractivity contribution in [1.82, 2.24) is 9.80 Å². The summed E-state index contributed by atoms with van der Waals surface area (Å²) in [5.74, 6) is -0.184. The van der Waals surface area contributed by atoms with Crippen molar-refractivity contribution < 1.29 is 28.8 Å². The summed E-state index contributed by atoms with van der Waals surface area (Å²) in [7, 11) is 0. The Hall–Kier alpha value is -3.70. The van der Waals surface area contributed by atoms with Crippen molar-refractivity contribution in [3.63, 3.8) is 0 Å². The average molecular weight is 484 g/mol. The van der Waals surface area contributed by atoms with Gasteiger partial charge < -0.3 is 14.4 Å². The summed E-state index contributed by atoms with van der Waals surface area (Å²) in [6.07, 6.45) is 1.60. The highest BCUT2D eigenvalue weighted by Crippen LogP contribution is 2.32. The molecule has 2 aromatic rings. The quantitative estimate of drug-likeness (QED) is 0.335. The van der Waals surface area contributed by atoms with Crippen LogP contribution in [0.4, 0.5) is 10.5 Å². The third-order valence-corrected chi connectivity index (χ3v) is 6.17. The third kappa shape index (κ3) is 5.61. The van der Waals surface area contributed by atoms with Crippen LogP contribution in [-0.4, -0.2) is 64.6 Å². The van der Waals surface area contributed by atoms with Gasteiger partial charge in [0.1, 0.15) is 18.9 Å². The number of imide groups is 1. The van der Waals surface area contributed by atoms with E-state index in [2.05, 4.69) is 0 Å². The molecule has 3 amide bonds. The maximum absolute atomic E-state index is 12.7. The monoisotopic (exact) mass is 483 g/mol. The number of rotatable bonds is 7. The zero-order chi connectivity index (χ0) is 24.1. The second-order valence-electron chi connectivity index (χ2n) is 7.54. The number of amides is 3. The largest absolute Gasteiger partial charge is 0.489 e. The lowest BCUT2D eigenvalue weighted by molar-refractivity contribution is -0.384. The summed E-state index contributed by atoms with van der Waals surface area (Å²) < 4.78 is 10.9. The van der Waals surface area contributed by atoms with Crippen LogP contribution in [0.2, 0.25) is 0 Å². The van der Waals surface area contributed by atoms with Gasteiger partial charge in [-0.15, -0.1) is 0 Å². The summed E-state index contributed by atoms with van der Waals surface area (Å²) in [6.45, 7) is 1.75. The molecule has 0 atom stereocenters. The average Bonchev–Trinajstić information content (AvgIpc) is 3.11. The van der Waals surface area contributed by atoms with Crippen molar-refractivity contribution in [2.45, 2.75) is 6.61 Å². The number of nitro benzene ring substituents is 1. The summed E-state index contributed by atoms with van der Waals surface area (Å²) in [5.41, 5.74) is 1.51. The molecule has 2 aromatic carbocycles. The lowest BCUT2D eigenvalue weighted by Crippen LogP contribution is -2.46. The number of nitro groups is 1. The highest BCUT2D eigenvalue weighted by Gasteiger charge is 2.37. The van der Waals surface area contributed by atoms with Crippen molar-refractivity contribution in [2.24, 2.45) is 0 Å². The molecule has 0 bridgehead atoms. The van der Waals surface area contributed by atoms with E-state index < -0.39 is 16.1 Å². The predicted molar refractivity (Wildman–Crippen MR) is 124 cm³/mol. The summed E-state index contributed by atoms with van der Waals surface area (Å²) >= 11 is 0.804. The van der Waals surface area contributed by atoms with Gasteiger partial charge in [-0.25, -0.2) is 0 Å². The van der Waals surface area contributed by atoms with Crippen LogP contribution in [0.25, 0.3) is 6.08 Å². The second kappa shape index (κ2) is 10.5. The van der Waals surface area contributed by atoms with E-state index in [0.29, 0.717) is 37.6 Å².